The van der Waals surface area contributed by atoms with E-state index in [9.17, 15) is 19.2 Å². The van der Waals surface area contributed by atoms with Gasteiger partial charge in [0.05, 0.1) is 30.7 Å². The van der Waals surface area contributed by atoms with Crippen molar-refractivity contribution in [1.82, 2.24) is 9.55 Å². The van der Waals surface area contributed by atoms with Gasteiger partial charge in [-0.15, -0.1) is 0 Å². The summed E-state index contributed by atoms with van der Waals surface area (Å²) in [6.45, 7) is 1.72. The molecule has 28 heavy (non-hydrogen) atoms. The molecule has 3 aromatic rings. The van der Waals surface area contributed by atoms with Gasteiger partial charge in [-0.25, -0.2) is 9.59 Å². The topological polar surface area (TPSA) is 123 Å². The summed E-state index contributed by atoms with van der Waals surface area (Å²) in [6, 6.07) is 9.48. The number of para-hydroxylation sites is 1. The molecule has 0 aliphatic carbocycles. The number of benzene rings is 1. The van der Waals surface area contributed by atoms with Crippen LogP contribution in [0, 0.1) is 0 Å². The SMILES string of the molecule is CCOC(=O)c1ccccc1NC(=O)c1c[nH]c(=O)n(Cc2ccco2)c1=O. The zero-order valence-electron chi connectivity index (χ0n) is 14.9. The second kappa shape index (κ2) is 8.21. The minimum Gasteiger partial charge on any atom is -0.467 e. The van der Waals surface area contributed by atoms with Crippen molar-refractivity contribution in [2.24, 2.45) is 0 Å². The summed E-state index contributed by atoms with van der Waals surface area (Å²) >= 11 is 0. The molecule has 0 radical (unpaired) electrons. The number of furan rings is 1. The van der Waals surface area contributed by atoms with E-state index in [0.717, 1.165) is 10.8 Å². The molecule has 144 valence electrons. The van der Waals surface area contributed by atoms with Crippen molar-refractivity contribution < 1.29 is 18.7 Å². The van der Waals surface area contributed by atoms with Crippen LogP contribution in [-0.4, -0.2) is 28.0 Å². The van der Waals surface area contributed by atoms with Gasteiger partial charge in [-0.3, -0.25) is 14.2 Å². The molecule has 0 unspecified atom stereocenters. The lowest BCUT2D eigenvalue weighted by Crippen LogP contribution is -2.39. The number of esters is 1. The van der Waals surface area contributed by atoms with Crippen molar-refractivity contribution >= 4 is 17.6 Å². The average molecular weight is 383 g/mol. The van der Waals surface area contributed by atoms with E-state index in [1.165, 1.54) is 18.4 Å². The van der Waals surface area contributed by atoms with Crippen LogP contribution in [0.1, 0.15) is 33.4 Å². The molecule has 2 N–H and O–H groups in total. The highest BCUT2D eigenvalue weighted by Crippen LogP contribution is 2.17. The molecule has 3 rings (SSSR count). The molecule has 0 bridgehead atoms. The molecular formula is C19H17N3O6. The molecule has 0 aliphatic rings. The Morgan fingerprint density at radius 2 is 1.93 bits per heavy atom. The molecule has 0 aliphatic heterocycles. The minimum absolute atomic E-state index is 0.123. The number of carbonyl (C=O) groups excluding carboxylic acids is 2. The highest BCUT2D eigenvalue weighted by atomic mass is 16.5. The van der Waals surface area contributed by atoms with Gasteiger partial charge >= 0.3 is 11.7 Å². The second-order valence-corrected chi connectivity index (χ2v) is 5.70. The monoisotopic (exact) mass is 383 g/mol. The first-order valence-corrected chi connectivity index (χ1v) is 8.43. The standard InChI is InChI=1S/C19H17N3O6/c1-2-27-18(25)13-7-3-4-8-15(13)21-16(23)14-10-20-19(26)22(17(14)24)11-12-6-5-9-28-12/h3-10H,2,11H2,1H3,(H,20,26)(H,21,23). The van der Waals surface area contributed by atoms with Crippen molar-refractivity contribution in [2.75, 3.05) is 11.9 Å². The van der Waals surface area contributed by atoms with E-state index < -0.39 is 23.1 Å². The van der Waals surface area contributed by atoms with Crippen LogP contribution in [0.4, 0.5) is 5.69 Å². The normalized spacial score (nSPS) is 10.5. The predicted octanol–water partition coefficient (Wildman–Crippen LogP) is 1.61. The highest BCUT2D eigenvalue weighted by Gasteiger charge is 2.19. The van der Waals surface area contributed by atoms with Crippen molar-refractivity contribution in [3.8, 4) is 0 Å². The molecule has 1 amide bonds. The Bertz CT molecular complexity index is 1110. The summed E-state index contributed by atoms with van der Waals surface area (Å²) < 4.78 is 11.0. The van der Waals surface area contributed by atoms with Crippen molar-refractivity contribution in [2.45, 2.75) is 13.5 Å². The third-order valence-electron chi connectivity index (χ3n) is 3.87. The van der Waals surface area contributed by atoms with Crippen LogP contribution >= 0.6 is 0 Å². The molecule has 2 aromatic heterocycles. The molecule has 0 fully saturated rings. The highest BCUT2D eigenvalue weighted by molar-refractivity contribution is 6.07. The van der Waals surface area contributed by atoms with Gasteiger partial charge in [0, 0.05) is 6.20 Å². The third kappa shape index (κ3) is 3.93. The number of nitrogens with zero attached hydrogens (tertiary/aromatic N) is 1. The van der Waals surface area contributed by atoms with E-state index in [1.54, 1.807) is 31.2 Å². The first-order chi connectivity index (χ1) is 13.5. The van der Waals surface area contributed by atoms with Crippen LogP contribution in [-0.2, 0) is 11.3 Å². The Kier molecular flexibility index (Phi) is 5.54. The lowest BCUT2D eigenvalue weighted by molar-refractivity contribution is 0.0527. The van der Waals surface area contributed by atoms with Crippen LogP contribution in [0.2, 0.25) is 0 Å². The second-order valence-electron chi connectivity index (χ2n) is 5.70. The van der Waals surface area contributed by atoms with Gasteiger partial charge in [0.15, 0.2) is 0 Å². The average Bonchev–Trinajstić information content (AvgIpc) is 3.19. The van der Waals surface area contributed by atoms with Crippen LogP contribution in [0.15, 0.2) is 62.9 Å². The van der Waals surface area contributed by atoms with E-state index in [1.807, 2.05) is 0 Å². The third-order valence-corrected chi connectivity index (χ3v) is 3.87. The van der Waals surface area contributed by atoms with E-state index in [-0.39, 0.29) is 30.0 Å². The summed E-state index contributed by atoms with van der Waals surface area (Å²) in [7, 11) is 0. The summed E-state index contributed by atoms with van der Waals surface area (Å²) in [5.74, 6) is -0.987. The number of H-pyrrole nitrogens is 1. The Labute approximate surface area is 158 Å². The van der Waals surface area contributed by atoms with E-state index >= 15 is 0 Å². The summed E-state index contributed by atoms with van der Waals surface area (Å²) in [5.41, 5.74) is -1.41. The number of aromatic amines is 1. The van der Waals surface area contributed by atoms with Crippen LogP contribution < -0.4 is 16.6 Å². The zero-order valence-corrected chi connectivity index (χ0v) is 14.9. The quantitative estimate of drug-likeness (QED) is 0.623. The van der Waals surface area contributed by atoms with Gasteiger partial charge in [0.1, 0.15) is 11.3 Å². The summed E-state index contributed by atoms with van der Waals surface area (Å²) in [4.78, 5) is 51.6. The van der Waals surface area contributed by atoms with Crippen molar-refractivity contribution in [1.29, 1.82) is 0 Å². The fourth-order valence-corrected chi connectivity index (χ4v) is 2.54. The maximum atomic E-state index is 12.6. The fraction of sp³-hybridized carbons (Fsp3) is 0.158. The number of amides is 1. The van der Waals surface area contributed by atoms with Gasteiger partial charge in [-0.2, -0.15) is 0 Å². The molecule has 0 saturated heterocycles. The van der Waals surface area contributed by atoms with Gasteiger partial charge in [0.25, 0.3) is 11.5 Å². The van der Waals surface area contributed by atoms with E-state index in [2.05, 4.69) is 10.3 Å². The molecular weight excluding hydrogens is 366 g/mol. The van der Waals surface area contributed by atoms with Crippen LogP contribution in [0.25, 0.3) is 0 Å². The summed E-state index contributed by atoms with van der Waals surface area (Å²) in [6.07, 6.45) is 2.45. The molecule has 2 heterocycles. The molecule has 0 saturated carbocycles. The Morgan fingerprint density at radius 3 is 2.64 bits per heavy atom. The first kappa shape index (κ1) is 18.9. The fourth-order valence-electron chi connectivity index (χ4n) is 2.54. The van der Waals surface area contributed by atoms with Crippen LogP contribution in [0.5, 0.6) is 0 Å². The molecule has 9 nitrogen and oxygen atoms in total. The number of hydrogen-bond acceptors (Lipinski definition) is 6. The van der Waals surface area contributed by atoms with Gasteiger partial charge in [-0.05, 0) is 31.2 Å². The number of anilines is 1. The Balaban J connectivity index is 1.91. The smallest absolute Gasteiger partial charge is 0.340 e. The van der Waals surface area contributed by atoms with E-state index in [0.29, 0.717) is 5.76 Å². The Morgan fingerprint density at radius 1 is 1.14 bits per heavy atom. The molecule has 0 spiro atoms. The predicted molar refractivity (Wildman–Crippen MR) is 99.5 cm³/mol. The number of hydrogen-bond donors (Lipinski definition) is 2. The van der Waals surface area contributed by atoms with Gasteiger partial charge in [-0.1, -0.05) is 12.1 Å². The largest absolute Gasteiger partial charge is 0.467 e. The first-order valence-electron chi connectivity index (χ1n) is 8.43. The van der Waals surface area contributed by atoms with E-state index in [4.69, 9.17) is 9.15 Å². The maximum absolute atomic E-state index is 12.6. The maximum Gasteiger partial charge on any atom is 0.340 e. The number of carbonyl (C=O) groups is 2. The van der Waals surface area contributed by atoms with Crippen molar-refractivity contribution in [3.05, 3.63) is 86.6 Å². The Hall–Kier alpha value is -3.88. The summed E-state index contributed by atoms with van der Waals surface area (Å²) in [5, 5.41) is 2.51. The minimum atomic E-state index is -0.786. The lowest BCUT2D eigenvalue weighted by Gasteiger charge is -2.10. The lowest BCUT2D eigenvalue weighted by atomic mass is 10.1. The number of rotatable bonds is 6. The number of aromatic nitrogens is 2. The van der Waals surface area contributed by atoms with Gasteiger partial charge in [0.2, 0.25) is 0 Å². The van der Waals surface area contributed by atoms with Crippen LogP contribution in [0.3, 0.4) is 0 Å². The number of nitrogens with one attached hydrogen (secondary N) is 2. The number of ether oxygens (including phenoxy) is 1. The van der Waals surface area contributed by atoms with Gasteiger partial charge < -0.3 is 19.5 Å². The molecule has 9 heteroatoms. The zero-order chi connectivity index (χ0) is 20.1. The molecule has 1 aromatic carbocycles. The molecule has 0 atom stereocenters. The van der Waals surface area contributed by atoms with Crippen molar-refractivity contribution in [3.63, 3.8) is 0 Å².